The van der Waals surface area contributed by atoms with Crippen molar-refractivity contribution < 1.29 is 14.3 Å². The molecular formula is C14H14BNO3. The maximum absolute atomic E-state index is 12.4. The number of aromatic nitrogens is 1. The lowest BCUT2D eigenvalue weighted by atomic mass is 9.95. The third kappa shape index (κ3) is 1.52. The van der Waals surface area contributed by atoms with Gasteiger partial charge >= 0.3 is 0 Å². The highest BCUT2D eigenvalue weighted by Crippen LogP contribution is 2.34. The number of hydrogen-bond donors (Lipinski definition) is 0. The molecule has 1 saturated heterocycles. The van der Waals surface area contributed by atoms with Crippen molar-refractivity contribution in [3.8, 4) is 0 Å². The van der Waals surface area contributed by atoms with E-state index in [2.05, 4.69) is 30.6 Å². The van der Waals surface area contributed by atoms with Gasteiger partial charge in [-0.1, -0.05) is 17.6 Å². The van der Waals surface area contributed by atoms with E-state index in [-0.39, 0.29) is 24.3 Å². The van der Waals surface area contributed by atoms with Gasteiger partial charge in [0.25, 0.3) is 0 Å². The van der Waals surface area contributed by atoms with Crippen LogP contribution in [0.1, 0.15) is 17.4 Å². The molecule has 0 radical (unpaired) electrons. The molecule has 1 fully saturated rings. The number of Topliss-reactive ketones (excluding diaryl/α,β-unsaturated/α-hetero) is 1. The standard InChI is InChI=1S/C14H14BNO3/c1-7-18-14(19-7)10-6-16-11-3-2-9(15)4-8(11)5-12(16)13(10)17/h2-5,7,10,14H,6,15H2,1H3. The number of hydrogen-bond acceptors (Lipinski definition) is 3. The summed E-state index contributed by atoms with van der Waals surface area (Å²) in [5.41, 5.74) is 3.10. The van der Waals surface area contributed by atoms with Crippen molar-refractivity contribution >= 4 is 30.0 Å². The van der Waals surface area contributed by atoms with E-state index in [4.69, 9.17) is 9.47 Å². The lowest BCUT2D eigenvalue weighted by Gasteiger charge is -2.36. The molecule has 1 atom stereocenters. The SMILES string of the molecule is Bc1ccc2c(c1)cc1n2CC(C2OC(C)O2)C1=O. The van der Waals surface area contributed by atoms with Crippen LogP contribution in [-0.2, 0) is 16.0 Å². The Labute approximate surface area is 111 Å². The first kappa shape index (κ1) is 11.3. The summed E-state index contributed by atoms with van der Waals surface area (Å²) in [4.78, 5) is 12.4. The van der Waals surface area contributed by atoms with Crippen LogP contribution in [0.2, 0.25) is 0 Å². The zero-order valence-corrected chi connectivity index (χ0v) is 10.9. The lowest BCUT2D eigenvalue weighted by Crippen LogP contribution is -2.46. The van der Waals surface area contributed by atoms with Gasteiger partial charge in [-0.25, -0.2) is 0 Å². The van der Waals surface area contributed by atoms with Crippen LogP contribution in [0.3, 0.4) is 0 Å². The predicted octanol–water partition coefficient (Wildman–Crippen LogP) is 0.431. The number of nitrogens with zero attached hydrogens (tertiary/aromatic N) is 1. The summed E-state index contributed by atoms with van der Waals surface area (Å²) in [6.45, 7) is 2.49. The van der Waals surface area contributed by atoms with Gasteiger partial charge in [0.2, 0.25) is 0 Å². The summed E-state index contributed by atoms with van der Waals surface area (Å²) in [6.07, 6.45) is -0.556. The minimum atomic E-state index is -0.372. The fourth-order valence-electron chi connectivity index (χ4n) is 3.05. The van der Waals surface area contributed by atoms with Gasteiger partial charge in [0.1, 0.15) is 7.85 Å². The molecule has 0 aliphatic carbocycles. The number of rotatable bonds is 1. The second-order valence-electron chi connectivity index (χ2n) is 5.38. The van der Waals surface area contributed by atoms with Crippen LogP contribution in [0.4, 0.5) is 0 Å². The molecule has 1 aromatic carbocycles. The van der Waals surface area contributed by atoms with E-state index in [1.165, 1.54) is 5.46 Å². The molecule has 3 heterocycles. The van der Waals surface area contributed by atoms with Gasteiger partial charge in [0.05, 0.1) is 11.6 Å². The summed E-state index contributed by atoms with van der Waals surface area (Å²) >= 11 is 0. The minimum absolute atomic E-state index is 0.130. The molecule has 0 bridgehead atoms. The summed E-state index contributed by atoms with van der Waals surface area (Å²) in [6, 6.07) is 8.24. The molecular weight excluding hydrogens is 241 g/mol. The molecule has 96 valence electrons. The molecule has 5 heteroatoms. The van der Waals surface area contributed by atoms with Crippen LogP contribution in [0, 0.1) is 5.92 Å². The molecule has 1 unspecified atom stereocenters. The number of ether oxygens (including phenoxy) is 2. The van der Waals surface area contributed by atoms with Crippen LogP contribution in [0.15, 0.2) is 24.3 Å². The van der Waals surface area contributed by atoms with Crippen LogP contribution < -0.4 is 5.46 Å². The Bertz CT molecular complexity index is 687. The van der Waals surface area contributed by atoms with E-state index in [0.29, 0.717) is 6.54 Å². The molecule has 1 aromatic heterocycles. The van der Waals surface area contributed by atoms with Gasteiger partial charge in [-0.3, -0.25) is 4.79 Å². The molecule has 0 N–H and O–H groups in total. The van der Waals surface area contributed by atoms with Crippen molar-refractivity contribution in [3.63, 3.8) is 0 Å². The van der Waals surface area contributed by atoms with E-state index in [1.807, 2.05) is 13.0 Å². The first-order chi connectivity index (χ1) is 9.13. The van der Waals surface area contributed by atoms with Crippen LogP contribution >= 0.6 is 0 Å². The van der Waals surface area contributed by atoms with E-state index in [1.54, 1.807) is 0 Å². The molecule has 2 aliphatic heterocycles. The summed E-state index contributed by atoms with van der Waals surface area (Å²) in [7, 11) is 2.06. The summed E-state index contributed by atoms with van der Waals surface area (Å²) in [5, 5.41) is 1.13. The van der Waals surface area contributed by atoms with Gasteiger partial charge in [-0.05, 0) is 24.4 Å². The maximum Gasteiger partial charge on any atom is 0.189 e. The zero-order chi connectivity index (χ0) is 13.1. The van der Waals surface area contributed by atoms with E-state index >= 15 is 0 Å². The van der Waals surface area contributed by atoms with Gasteiger partial charge in [0.15, 0.2) is 18.4 Å². The first-order valence-electron chi connectivity index (χ1n) is 6.58. The number of carbonyl (C=O) groups is 1. The number of ketones is 1. The third-order valence-electron chi connectivity index (χ3n) is 4.01. The normalized spacial score (nSPS) is 29.5. The largest absolute Gasteiger partial charge is 0.337 e. The second kappa shape index (κ2) is 3.71. The Kier molecular flexibility index (Phi) is 2.20. The molecule has 19 heavy (non-hydrogen) atoms. The Balaban J connectivity index is 1.74. The van der Waals surface area contributed by atoms with Gasteiger partial charge < -0.3 is 14.0 Å². The van der Waals surface area contributed by atoms with Crippen molar-refractivity contribution in [2.75, 3.05) is 0 Å². The molecule has 0 spiro atoms. The Morgan fingerprint density at radius 1 is 1.32 bits per heavy atom. The molecule has 4 nitrogen and oxygen atoms in total. The van der Waals surface area contributed by atoms with Crippen molar-refractivity contribution in [1.29, 1.82) is 0 Å². The van der Waals surface area contributed by atoms with E-state index < -0.39 is 0 Å². The molecule has 4 rings (SSSR count). The number of benzene rings is 1. The second-order valence-corrected chi connectivity index (χ2v) is 5.38. The van der Waals surface area contributed by atoms with Gasteiger partial charge in [-0.15, -0.1) is 0 Å². The molecule has 0 saturated carbocycles. The molecule has 0 amide bonds. The average Bonchev–Trinajstić information content (AvgIpc) is 2.83. The highest BCUT2D eigenvalue weighted by atomic mass is 16.9. The van der Waals surface area contributed by atoms with Crippen LogP contribution in [0.5, 0.6) is 0 Å². The van der Waals surface area contributed by atoms with E-state index in [9.17, 15) is 4.79 Å². The highest BCUT2D eigenvalue weighted by Gasteiger charge is 2.44. The zero-order valence-electron chi connectivity index (χ0n) is 10.9. The Morgan fingerprint density at radius 3 is 2.84 bits per heavy atom. The van der Waals surface area contributed by atoms with Gasteiger partial charge in [0, 0.05) is 12.1 Å². The Hall–Kier alpha value is -1.59. The summed E-state index contributed by atoms with van der Waals surface area (Å²) < 4.78 is 13.0. The fraction of sp³-hybridized carbons (Fsp3) is 0.357. The average molecular weight is 255 g/mol. The Morgan fingerprint density at radius 2 is 2.11 bits per heavy atom. The molecule has 2 aliphatic rings. The third-order valence-corrected chi connectivity index (χ3v) is 4.01. The monoisotopic (exact) mass is 255 g/mol. The van der Waals surface area contributed by atoms with Crippen molar-refractivity contribution in [3.05, 3.63) is 30.0 Å². The van der Waals surface area contributed by atoms with Crippen molar-refractivity contribution in [1.82, 2.24) is 4.57 Å². The lowest BCUT2D eigenvalue weighted by molar-refractivity contribution is -0.386. The predicted molar refractivity (Wildman–Crippen MR) is 73.4 cm³/mol. The minimum Gasteiger partial charge on any atom is -0.337 e. The van der Waals surface area contributed by atoms with E-state index in [0.717, 1.165) is 16.6 Å². The quantitative estimate of drug-likeness (QED) is 0.694. The topological polar surface area (TPSA) is 40.5 Å². The van der Waals surface area contributed by atoms with Gasteiger partial charge in [-0.2, -0.15) is 0 Å². The maximum atomic E-state index is 12.4. The van der Waals surface area contributed by atoms with Crippen LogP contribution in [-0.4, -0.2) is 30.8 Å². The fourth-order valence-corrected chi connectivity index (χ4v) is 3.05. The van der Waals surface area contributed by atoms with Crippen molar-refractivity contribution in [2.24, 2.45) is 5.92 Å². The first-order valence-corrected chi connectivity index (χ1v) is 6.58. The van der Waals surface area contributed by atoms with Crippen molar-refractivity contribution in [2.45, 2.75) is 26.0 Å². The number of fused-ring (bicyclic) bond motifs is 3. The summed E-state index contributed by atoms with van der Waals surface area (Å²) in [5.74, 6) is -0.0670. The highest BCUT2D eigenvalue weighted by molar-refractivity contribution is 6.33. The molecule has 2 aromatic rings. The smallest absolute Gasteiger partial charge is 0.189 e. The number of carbonyl (C=O) groups excluding carboxylic acids is 1. The van der Waals surface area contributed by atoms with Crippen LogP contribution in [0.25, 0.3) is 10.9 Å².